The maximum atomic E-state index is 5.56. The van der Waals surface area contributed by atoms with Gasteiger partial charge in [-0.15, -0.1) is 0 Å². The molecule has 6 heteroatoms. The predicted molar refractivity (Wildman–Crippen MR) is 78.4 cm³/mol. The summed E-state index contributed by atoms with van der Waals surface area (Å²) in [5, 5.41) is 3.00. The highest BCUT2D eigenvalue weighted by molar-refractivity contribution is 5.79. The molecule has 1 aromatic carbocycles. The zero-order valence-corrected chi connectivity index (χ0v) is 11.6. The fourth-order valence-corrected chi connectivity index (χ4v) is 2.04. The summed E-state index contributed by atoms with van der Waals surface area (Å²) in [6.45, 7) is 1.84. The van der Waals surface area contributed by atoms with Crippen molar-refractivity contribution in [2.24, 2.45) is 0 Å². The number of oxazole rings is 1. The second-order valence-electron chi connectivity index (χ2n) is 4.46. The monoisotopic (exact) mass is 269 g/mol. The molecule has 0 fully saturated rings. The molecule has 0 saturated carbocycles. The fourth-order valence-electron chi connectivity index (χ4n) is 2.04. The Bertz CT molecular complexity index is 752. The van der Waals surface area contributed by atoms with Crippen LogP contribution in [-0.2, 0) is 0 Å². The first-order chi connectivity index (χ1) is 9.67. The standard InChI is InChI=1S/C14H15N5O/c1-9-18-11-5-4-10(6-12(11)20-9)19(3)14-7-13(15-2)16-8-17-14/h4-8H,1-3H3,(H,15,16,17). The smallest absolute Gasteiger partial charge is 0.192 e. The second kappa shape index (κ2) is 4.80. The molecule has 0 aliphatic rings. The van der Waals surface area contributed by atoms with Gasteiger partial charge in [-0.3, -0.25) is 0 Å². The number of aromatic nitrogens is 3. The molecule has 0 unspecified atom stereocenters. The molecule has 102 valence electrons. The first-order valence-corrected chi connectivity index (χ1v) is 6.28. The Kier molecular flexibility index (Phi) is 2.98. The van der Waals surface area contributed by atoms with Gasteiger partial charge in [0.1, 0.15) is 23.5 Å². The van der Waals surface area contributed by atoms with Crippen LogP contribution in [0.25, 0.3) is 11.1 Å². The topological polar surface area (TPSA) is 67.1 Å². The number of hydrogen-bond acceptors (Lipinski definition) is 6. The third-order valence-corrected chi connectivity index (χ3v) is 3.12. The number of rotatable bonds is 3. The third kappa shape index (κ3) is 2.16. The van der Waals surface area contributed by atoms with Crippen LogP contribution in [0.2, 0.25) is 0 Å². The molecule has 0 atom stereocenters. The summed E-state index contributed by atoms with van der Waals surface area (Å²) in [6.07, 6.45) is 1.54. The lowest BCUT2D eigenvalue weighted by Crippen LogP contribution is -2.11. The normalized spacial score (nSPS) is 10.8. The quantitative estimate of drug-likeness (QED) is 0.788. The summed E-state index contributed by atoms with van der Waals surface area (Å²) in [4.78, 5) is 14.7. The van der Waals surface area contributed by atoms with Crippen molar-refractivity contribution in [2.45, 2.75) is 6.92 Å². The van der Waals surface area contributed by atoms with Gasteiger partial charge in [0, 0.05) is 38.8 Å². The first-order valence-electron chi connectivity index (χ1n) is 6.28. The van der Waals surface area contributed by atoms with E-state index in [9.17, 15) is 0 Å². The highest BCUT2D eigenvalue weighted by Gasteiger charge is 2.09. The molecule has 0 amide bonds. The molecule has 3 aromatic rings. The van der Waals surface area contributed by atoms with Gasteiger partial charge in [-0.05, 0) is 12.1 Å². The largest absolute Gasteiger partial charge is 0.441 e. The Balaban J connectivity index is 2.00. The van der Waals surface area contributed by atoms with Crippen molar-refractivity contribution in [3.8, 4) is 0 Å². The molecule has 3 rings (SSSR count). The van der Waals surface area contributed by atoms with Gasteiger partial charge in [0.2, 0.25) is 0 Å². The lowest BCUT2D eigenvalue weighted by Gasteiger charge is -2.18. The SMILES string of the molecule is CNc1cc(N(C)c2ccc3nc(C)oc3c2)ncn1. The average Bonchev–Trinajstić information content (AvgIpc) is 2.85. The molecule has 1 N–H and O–H groups in total. The lowest BCUT2D eigenvalue weighted by molar-refractivity contribution is 0.561. The molecular weight excluding hydrogens is 254 g/mol. The number of benzene rings is 1. The van der Waals surface area contributed by atoms with Gasteiger partial charge in [0.25, 0.3) is 0 Å². The van der Waals surface area contributed by atoms with Gasteiger partial charge in [0.15, 0.2) is 11.5 Å². The number of fused-ring (bicyclic) bond motifs is 1. The number of anilines is 3. The molecule has 2 aromatic heterocycles. The molecule has 0 aliphatic carbocycles. The Morgan fingerprint density at radius 2 is 2.05 bits per heavy atom. The van der Waals surface area contributed by atoms with Crippen LogP contribution >= 0.6 is 0 Å². The molecular formula is C14H15N5O. The van der Waals surface area contributed by atoms with E-state index in [0.29, 0.717) is 5.89 Å². The van der Waals surface area contributed by atoms with E-state index in [4.69, 9.17) is 4.42 Å². The molecule has 2 heterocycles. The Labute approximate surface area is 116 Å². The fraction of sp³-hybridized carbons (Fsp3) is 0.214. The third-order valence-electron chi connectivity index (χ3n) is 3.12. The minimum Gasteiger partial charge on any atom is -0.441 e. The maximum Gasteiger partial charge on any atom is 0.192 e. The molecule has 6 nitrogen and oxygen atoms in total. The highest BCUT2D eigenvalue weighted by Crippen LogP contribution is 2.26. The number of aryl methyl sites for hydroxylation is 1. The van der Waals surface area contributed by atoms with Crippen LogP contribution < -0.4 is 10.2 Å². The van der Waals surface area contributed by atoms with Crippen LogP contribution in [0.3, 0.4) is 0 Å². The zero-order valence-electron chi connectivity index (χ0n) is 11.6. The summed E-state index contributed by atoms with van der Waals surface area (Å²) in [5.74, 6) is 2.25. The van der Waals surface area contributed by atoms with E-state index in [0.717, 1.165) is 28.4 Å². The average molecular weight is 269 g/mol. The van der Waals surface area contributed by atoms with E-state index in [1.807, 2.05) is 50.2 Å². The van der Waals surface area contributed by atoms with E-state index < -0.39 is 0 Å². The van der Waals surface area contributed by atoms with Gasteiger partial charge in [0.05, 0.1) is 0 Å². The second-order valence-corrected chi connectivity index (χ2v) is 4.46. The molecule has 20 heavy (non-hydrogen) atoms. The Morgan fingerprint density at radius 1 is 1.20 bits per heavy atom. The lowest BCUT2D eigenvalue weighted by atomic mass is 10.2. The van der Waals surface area contributed by atoms with Gasteiger partial charge < -0.3 is 14.6 Å². The molecule has 0 radical (unpaired) electrons. The van der Waals surface area contributed by atoms with Crippen LogP contribution in [0, 0.1) is 6.92 Å². The van der Waals surface area contributed by atoms with Crippen molar-refractivity contribution in [1.82, 2.24) is 15.0 Å². The summed E-state index contributed by atoms with van der Waals surface area (Å²) in [6, 6.07) is 7.77. The van der Waals surface area contributed by atoms with Crippen molar-refractivity contribution < 1.29 is 4.42 Å². The van der Waals surface area contributed by atoms with Crippen LogP contribution in [0.15, 0.2) is 35.0 Å². The Morgan fingerprint density at radius 3 is 2.85 bits per heavy atom. The molecule has 0 bridgehead atoms. The van der Waals surface area contributed by atoms with E-state index in [-0.39, 0.29) is 0 Å². The van der Waals surface area contributed by atoms with Gasteiger partial charge in [-0.1, -0.05) is 0 Å². The Hall–Kier alpha value is -2.63. The van der Waals surface area contributed by atoms with Crippen molar-refractivity contribution in [1.29, 1.82) is 0 Å². The van der Waals surface area contributed by atoms with Crippen LogP contribution in [-0.4, -0.2) is 29.0 Å². The molecule has 0 saturated heterocycles. The van der Waals surface area contributed by atoms with E-state index >= 15 is 0 Å². The summed E-state index contributed by atoms with van der Waals surface area (Å²) in [5.41, 5.74) is 2.61. The zero-order chi connectivity index (χ0) is 14.1. The van der Waals surface area contributed by atoms with Crippen molar-refractivity contribution in [2.75, 3.05) is 24.3 Å². The minimum absolute atomic E-state index is 0.666. The van der Waals surface area contributed by atoms with Crippen molar-refractivity contribution >= 4 is 28.4 Å². The van der Waals surface area contributed by atoms with Crippen LogP contribution in [0.1, 0.15) is 5.89 Å². The van der Waals surface area contributed by atoms with Crippen LogP contribution in [0.5, 0.6) is 0 Å². The number of hydrogen-bond donors (Lipinski definition) is 1. The summed E-state index contributed by atoms with van der Waals surface area (Å²) >= 11 is 0. The summed E-state index contributed by atoms with van der Waals surface area (Å²) < 4.78 is 5.56. The van der Waals surface area contributed by atoms with E-state index in [1.54, 1.807) is 0 Å². The summed E-state index contributed by atoms with van der Waals surface area (Å²) in [7, 11) is 3.78. The number of nitrogens with one attached hydrogen (secondary N) is 1. The van der Waals surface area contributed by atoms with E-state index in [1.165, 1.54) is 6.33 Å². The predicted octanol–water partition coefficient (Wildman–Crippen LogP) is 2.74. The van der Waals surface area contributed by atoms with Gasteiger partial charge >= 0.3 is 0 Å². The van der Waals surface area contributed by atoms with Crippen LogP contribution in [0.4, 0.5) is 17.3 Å². The highest BCUT2D eigenvalue weighted by atomic mass is 16.3. The number of nitrogens with zero attached hydrogens (tertiary/aromatic N) is 4. The maximum absolute atomic E-state index is 5.56. The molecule has 0 aliphatic heterocycles. The first kappa shape index (κ1) is 12.4. The van der Waals surface area contributed by atoms with Crippen molar-refractivity contribution in [3.63, 3.8) is 0 Å². The van der Waals surface area contributed by atoms with Crippen molar-refractivity contribution in [3.05, 3.63) is 36.5 Å². The van der Waals surface area contributed by atoms with E-state index in [2.05, 4.69) is 20.3 Å². The molecule has 0 spiro atoms. The van der Waals surface area contributed by atoms with Gasteiger partial charge in [-0.25, -0.2) is 15.0 Å². The van der Waals surface area contributed by atoms with Gasteiger partial charge in [-0.2, -0.15) is 0 Å². The minimum atomic E-state index is 0.666.